The first kappa shape index (κ1) is 29.9. The van der Waals surface area contributed by atoms with Crippen LogP contribution < -0.4 is 16.5 Å². The van der Waals surface area contributed by atoms with E-state index < -0.39 is 51.5 Å². The number of ether oxygens (including phenoxy) is 1. The minimum Gasteiger partial charge on any atom is -0.443 e. The summed E-state index contributed by atoms with van der Waals surface area (Å²) in [6.45, 7) is 13.9. The molecule has 0 aromatic rings. The third kappa shape index (κ3) is 12.0. The van der Waals surface area contributed by atoms with E-state index in [1.165, 1.54) is 13.0 Å². The lowest BCUT2D eigenvalue weighted by atomic mass is 10.0. The van der Waals surface area contributed by atoms with Gasteiger partial charge in [-0.3, -0.25) is 9.59 Å². The highest BCUT2D eigenvalue weighted by atomic mass is 32.2. The van der Waals surface area contributed by atoms with Crippen molar-refractivity contribution in [3.05, 3.63) is 11.5 Å². The van der Waals surface area contributed by atoms with Crippen molar-refractivity contribution in [3.8, 4) is 0 Å². The average molecular weight is 477 g/mol. The molecule has 0 saturated carbocycles. The van der Waals surface area contributed by atoms with E-state index >= 15 is 0 Å². The van der Waals surface area contributed by atoms with Crippen molar-refractivity contribution < 1.29 is 27.5 Å². The number of carbonyl (C=O) groups excluding carboxylic acids is 3. The molecule has 0 aromatic carbocycles. The predicted octanol–water partition coefficient (Wildman–Crippen LogP) is 1.72. The van der Waals surface area contributed by atoms with Crippen LogP contribution in [0.5, 0.6) is 0 Å². The summed E-state index contributed by atoms with van der Waals surface area (Å²) >= 11 is 0. The summed E-state index contributed by atoms with van der Waals surface area (Å²) in [4.78, 5) is 37.7. The van der Waals surface area contributed by atoms with Crippen LogP contribution in [-0.2, 0) is 24.2 Å². The predicted molar refractivity (Wildman–Crippen MR) is 124 cm³/mol. The highest BCUT2D eigenvalue weighted by Crippen LogP contribution is 2.14. The first-order valence-electron chi connectivity index (χ1n) is 10.6. The van der Waals surface area contributed by atoms with Crippen molar-refractivity contribution in [1.29, 1.82) is 0 Å². The summed E-state index contributed by atoms with van der Waals surface area (Å²) in [5, 5.41) is 7.08. The molecule has 0 aromatic heterocycles. The molecule has 0 bridgehead atoms. The van der Waals surface area contributed by atoms with E-state index in [9.17, 15) is 22.8 Å². The molecule has 0 radical (unpaired) electrons. The van der Waals surface area contributed by atoms with Gasteiger partial charge in [-0.15, -0.1) is 0 Å². The van der Waals surface area contributed by atoms with Gasteiger partial charge in [0.25, 0.3) is 0 Å². The Morgan fingerprint density at radius 2 is 1.56 bits per heavy atom. The van der Waals surface area contributed by atoms with Crippen LogP contribution in [0.3, 0.4) is 0 Å². The molecule has 186 valence electrons. The van der Waals surface area contributed by atoms with Crippen LogP contribution in [0.25, 0.3) is 0 Å². The van der Waals surface area contributed by atoms with Crippen LogP contribution in [0.15, 0.2) is 11.5 Å². The average Bonchev–Trinajstić information content (AvgIpc) is 2.56. The fourth-order valence-corrected chi connectivity index (χ4v) is 3.26. The van der Waals surface area contributed by atoms with E-state index in [0.717, 1.165) is 16.7 Å². The molecule has 0 aliphatic heterocycles. The Labute approximate surface area is 192 Å². The molecule has 0 heterocycles. The maximum Gasteiger partial charge on any atom is 0.425 e. The minimum absolute atomic E-state index is 0.194. The van der Waals surface area contributed by atoms with Crippen molar-refractivity contribution in [2.24, 2.45) is 17.7 Å². The number of nitrogens with two attached hydrogens (primary N) is 1. The number of hydrogen-bond acceptors (Lipinski definition) is 7. The van der Waals surface area contributed by atoms with Crippen LogP contribution in [0.1, 0.15) is 61.8 Å². The summed E-state index contributed by atoms with van der Waals surface area (Å²) < 4.78 is 28.1. The van der Waals surface area contributed by atoms with Crippen LogP contribution in [0, 0.1) is 11.8 Å². The molecule has 4 N–H and O–H groups in total. The fourth-order valence-electron chi connectivity index (χ4n) is 2.78. The Kier molecular flexibility index (Phi) is 11.4. The van der Waals surface area contributed by atoms with E-state index in [0.29, 0.717) is 6.42 Å². The standard InChI is InChI=1S/C21H40N4O6S/c1-13(2)12-16(10-11-32(9,29)30)24-18(26)15(5)23-19(27)17(14(3)4)25(22)20(28)31-21(6,7)8/h10-11,13-17H,12,22H2,1-9H3,(H,23,27)(H,24,26)/b11-10+/t15?,16-,17?/m1/s1. The molecule has 0 aliphatic carbocycles. The summed E-state index contributed by atoms with van der Waals surface area (Å²) in [6, 6.07) is -2.53. The van der Waals surface area contributed by atoms with Crippen LogP contribution in [-0.4, -0.2) is 61.3 Å². The van der Waals surface area contributed by atoms with Gasteiger partial charge < -0.3 is 15.4 Å². The smallest absolute Gasteiger partial charge is 0.425 e. The van der Waals surface area contributed by atoms with Crippen LogP contribution in [0.2, 0.25) is 0 Å². The summed E-state index contributed by atoms with van der Waals surface area (Å²) in [5.74, 6) is 4.61. The molecule has 3 atom stereocenters. The monoisotopic (exact) mass is 476 g/mol. The number of nitrogens with zero attached hydrogens (tertiary/aromatic N) is 1. The van der Waals surface area contributed by atoms with Gasteiger partial charge in [-0.05, 0) is 46.0 Å². The highest BCUT2D eigenvalue weighted by molar-refractivity contribution is 7.93. The Balaban J connectivity index is 5.32. The minimum atomic E-state index is -3.35. The third-order valence-electron chi connectivity index (χ3n) is 4.17. The van der Waals surface area contributed by atoms with E-state index in [1.807, 2.05) is 13.8 Å². The summed E-state index contributed by atoms with van der Waals surface area (Å²) in [5.41, 5.74) is -0.787. The van der Waals surface area contributed by atoms with Crippen LogP contribution >= 0.6 is 0 Å². The number of sulfone groups is 1. The van der Waals surface area contributed by atoms with E-state index in [1.54, 1.807) is 34.6 Å². The van der Waals surface area contributed by atoms with Crippen molar-refractivity contribution in [2.45, 2.75) is 85.5 Å². The molecular formula is C21H40N4O6S. The van der Waals surface area contributed by atoms with E-state index in [-0.39, 0.29) is 11.8 Å². The second kappa shape index (κ2) is 12.2. The normalized spacial score (nSPS) is 15.4. The second-order valence-electron chi connectivity index (χ2n) is 9.71. The molecule has 0 spiro atoms. The molecule has 0 fully saturated rings. The lowest BCUT2D eigenvalue weighted by Crippen LogP contribution is -2.59. The molecule has 2 unspecified atom stereocenters. The van der Waals surface area contributed by atoms with Gasteiger partial charge in [0.2, 0.25) is 11.8 Å². The quantitative estimate of drug-likeness (QED) is 0.247. The van der Waals surface area contributed by atoms with Gasteiger partial charge in [0.1, 0.15) is 17.7 Å². The zero-order valence-corrected chi connectivity index (χ0v) is 21.4. The summed E-state index contributed by atoms with van der Waals surface area (Å²) in [6.07, 6.45) is 2.15. The van der Waals surface area contributed by atoms with Gasteiger partial charge in [0.05, 0.1) is 0 Å². The van der Waals surface area contributed by atoms with Crippen molar-refractivity contribution >= 4 is 27.7 Å². The molecular weight excluding hydrogens is 436 g/mol. The Morgan fingerprint density at radius 1 is 1.03 bits per heavy atom. The van der Waals surface area contributed by atoms with E-state index in [2.05, 4.69) is 10.6 Å². The number of hydrazine groups is 1. The molecule has 10 nitrogen and oxygen atoms in total. The lowest BCUT2D eigenvalue weighted by Gasteiger charge is -2.32. The first-order chi connectivity index (χ1) is 14.3. The van der Waals surface area contributed by atoms with Crippen molar-refractivity contribution in [3.63, 3.8) is 0 Å². The first-order valence-corrected chi connectivity index (χ1v) is 12.6. The maximum atomic E-state index is 12.8. The number of nitrogens with one attached hydrogen (secondary N) is 2. The Bertz CT molecular complexity index is 787. The molecule has 3 amide bonds. The van der Waals surface area contributed by atoms with E-state index in [4.69, 9.17) is 10.6 Å². The topological polar surface area (TPSA) is 148 Å². The Morgan fingerprint density at radius 3 is 1.97 bits per heavy atom. The number of hydrogen-bond donors (Lipinski definition) is 3. The zero-order chi connectivity index (χ0) is 25.4. The van der Waals surface area contributed by atoms with Gasteiger partial charge in [0.15, 0.2) is 9.84 Å². The Hall–Kier alpha value is -2.14. The molecule has 11 heteroatoms. The maximum absolute atomic E-state index is 12.8. The van der Waals surface area contributed by atoms with Crippen molar-refractivity contribution in [2.75, 3.05) is 6.26 Å². The van der Waals surface area contributed by atoms with Crippen molar-refractivity contribution in [1.82, 2.24) is 15.6 Å². The van der Waals surface area contributed by atoms with Gasteiger partial charge in [0, 0.05) is 17.7 Å². The number of amides is 3. The lowest BCUT2D eigenvalue weighted by molar-refractivity contribution is -0.133. The van der Waals surface area contributed by atoms with Gasteiger partial charge >= 0.3 is 6.09 Å². The van der Waals surface area contributed by atoms with Crippen LogP contribution in [0.4, 0.5) is 4.79 Å². The largest absolute Gasteiger partial charge is 0.443 e. The fraction of sp³-hybridized carbons (Fsp3) is 0.762. The van der Waals surface area contributed by atoms with Gasteiger partial charge in [-0.2, -0.15) is 0 Å². The number of carbonyl (C=O) groups is 3. The molecule has 0 aliphatic rings. The third-order valence-corrected chi connectivity index (χ3v) is 4.82. The number of rotatable bonds is 10. The zero-order valence-electron chi connectivity index (χ0n) is 20.6. The van der Waals surface area contributed by atoms with Gasteiger partial charge in [-0.25, -0.2) is 24.1 Å². The van der Waals surface area contributed by atoms with Gasteiger partial charge in [-0.1, -0.05) is 33.8 Å². The molecule has 0 rings (SSSR count). The second-order valence-corrected chi connectivity index (χ2v) is 11.6. The summed E-state index contributed by atoms with van der Waals surface area (Å²) in [7, 11) is -3.35. The SMILES string of the molecule is CC(C)C[C@@H](/C=C/S(C)(=O)=O)NC(=O)C(C)NC(=O)C(C(C)C)N(N)C(=O)OC(C)(C)C. The molecule has 32 heavy (non-hydrogen) atoms. The molecule has 0 saturated heterocycles. The highest BCUT2D eigenvalue weighted by Gasteiger charge is 2.34.